The van der Waals surface area contributed by atoms with Crippen molar-refractivity contribution in [3.63, 3.8) is 0 Å². The molecule has 0 spiro atoms. The lowest BCUT2D eigenvalue weighted by atomic mass is 10.1. The first-order valence-electron chi connectivity index (χ1n) is 9.29. The van der Waals surface area contributed by atoms with Gasteiger partial charge in [0.05, 0.1) is 17.5 Å². The van der Waals surface area contributed by atoms with Gasteiger partial charge in [0.25, 0.3) is 5.91 Å². The Kier molecular flexibility index (Phi) is 5.53. The Balaban J connectivity index is 1.38. The van der Waals surface area contributed by atoms with E-state index in [1.54, 1.807) is 6.07 Å². The highest BCUT2D eigenvalue weighted by atomic mass is 35.5. The van der Waals surface area contributed by atoms with Crippen molar-refractivity contribution in [3.8, 4) is 17.0 Å². The van der Waals surface area contributed by atoms with E-state index in [1.165, 1.54) is 6.20 Å². The average Bonchev–Trinajstić information content (AvgIpc) is 2.76. The standard InChI is InChI=1S/C22H20ClN3O2/c23-18-6-8-19(9-7-18)28-20-10-12-26(13-11-20)22(27)17-14-21(25-24-15-17)16-4-2-1-3-5-16/h1-9,14-15,20H,10-13H2. The fourth-order valence-corrected chi connectivity index (χ4v) is 3.42. The Morgan fingerprint density at radius 3 is 2.46 bits per heavy atom. The van der Waals surface area contributed by atoms with E-state index in [4.69, 9.17) is 16.3 Å². The van der Waals surface area contributed by atoms with Crippen LogP contribution in [0.3, 0.4) is 0 Å². The van der Waals surface area contributed by atoms with Crippen LogP contribution in [0.5, 0.6) is 5.75 Å². The third kappa shape index (κ3) is 4.31. The van der Waals surface area contributed by atoms with Crippen molar-refractivity contribution in [1.29, 1.82) is 0 Å². The van der Waals surface area contributed by atoms with Gasteiger partial charge in [-0.05, 0) is 30.3 Å². The van der Waals surface area contributed by atoms with E-state index in [2.05, 4.69) is 10.2 Å². The van der Waals surface area contributed by atoms with Gasteiger partial charge in [0, 0.05) is 36.5 Å². The molecule has 0 atom stereocenters. The lowest BCUT2D eigenvalue weighted by molar-refractivity contribution is 0.0595. The molecule has 1 aromatic heterocycles. The van der Waals surface area contributed by atoms with E-state index >= 15 is 0 Å². The molecule has 3 aromatic rings. The van der Waals surface area contributed by atoms with Gasteiger partial charge in [0.1, 0.15) is 11.9 Å². The summed E-state index contributed by atoms with van der Waals surface area (Å²) in [5.41, 5.74) is 2.21. The van der Waals surface area contributed by atoms with Gasteiger partial charge < -0.3 is 9.64 Å². The summed E-state index contributed by atoms with van der Waals surface area (Å²) < 4.78 is 6.00. The molecule has 28 heavy (non-hydrogen) atoms. The van der Waals surface area contributed by atoms with Crippen LogP contribution in [0.15, 0.2) is 66.9 Å². The predicted molar refractivity (Wildman–Crippen MR) is 108 cm³/mol. The minimum Gasteiger partial charge on any atom is -0.490 e. The highest BCUT2D eigenvalue weighted by Gasteiger charge is 2.25. The van der Waals surface area contributed by atoms with Crippen molar-refractivity contribution in [3.05, 3.63) is 77.4 Å². The third-order valence-corrected chi connectivity index (χ3v) is 5.07. The molecule has 2 heterocycles. The zero-order valence-corrected chi connectivity index (χ0v) is 16.0. The number of aromatic nitrogens is 2. The van der Waals surface area contributed by atoms with E-state index in [-0.39, 0.29) is 12.0 Å². The lowest BCUT2D eigenvalue weighted by Gasteiger charge is -2.32. The predicted octanol–water partition coefficient (Wildman–Crippen LogP) is 4.48. The highest BCUT2D eigenvalue weighted by Crippen LogP contribution is 2.23. The molecule has 5 nitrogen and oxygen atoms in total. The number of benzene rings is 2. The van der Waals surface area contributed by atoms with Gasteiger partial charge in [-0.1, -0.05) is 41.9 Å². The van der Waals surface area contributed by atoms with Gasteiger partial charge in [0.15, 0.2) is 0 Å². The summed E-state index contributed by atoms with van der Waals surface area (Å²) in [5, 5.41) is 8.86. The number of likely N-dealkylation sites (tertiary alicyclic amines) is 1. The van der Waals surface area contributed by atoms with Crippen LogP contribution in [0.2, 0.25) is 5.02 Å². The molecule has 0 aliphatic carbocycles. The molecular formula is C22H20ClN3O2. The van der Waals surface area contributed by atoms with Crippen LogP contribution in [0.25, 0.3) is 11.3 Å². The topological polar surface area (TPSA) is 55.3 Å². The van der Waals surface area contributed by atoms with Crippen molar-refractivity contribution in [2.45, 2.75) is 18.9 Å². The Bertz CT molecular complexity index is 940. The number of ether oxygens (including phenoxy) is 1. The van der Waals surface area contributed by atoms with Gasteiger partial charge in [-0.2, -0.15) is 10.2 Å². The molecule has 0 radical (unpaired) electrons. The molecule has 1 saturated heterocycles. The number of amides is 1. The van der Waals surface area contributed by atoms with Crippen LogP contribution >= 0.6 is 11.6 Å². The Hall–Kier alpha value is -2.92. The summed E-state index contributed by atoms with van der Waals surface area (Å²) in [5.74, 6) is 0.789. The summed E-state index contributed by atoms with van der Waals surface area (Å²) in [6.07, 6.45) is 3.21. The SMILES string of the molecule is O=C(c1cnnc(-c2ccccc2)c1)N1CCC(Oc2ccc(Cl)cc2)CC1. The zero-order valence-electron chi connectivity index (χ0n) is 15.3. The molecule has 0 N–H and O–H groups in total. The average molecular weight is 394 g/mol. The van der Waals surface area contributed by atoms with Crippen molar-refractivity contribution in [2.24, 2.45) is 0 Å². The molecule has 0 bridgehead atoms. The molecule has 4 rings (SSSR count). The van der Waals surface area contributed by atoms with E-state index < -0.39 is 0 Å². The molecule has 1 fully saturated rings. The summed E-state index contributed by atoms with van der Waals surface area (Å²) in [4.78, 5) is 14.7. The summed E-state index contributed by atoms with van der Waals surface area (Å²) >= 11 is 5.91. The zero-order chi connectivity index (χ0) is 19.3. The molecular weight excluding hydrogens is 374 g/mol. The number of carbonyl (C=O) groups excluding carboxylic acids is 1. The Morgan fingerprint density at radius 2 is 1.75 bits per heavy atom. The summed E-state index contributed by atoms with van der Waals surface area (Å²) in [7, 11) is 0. The van der Waals surface area contributed by atoms with Crippen LogP contribution in [0.4, 0.5) is 0 Å². The van der Waals surface area contributed by atoms with E-state index in [9.17, 15) is 4.79 Å². The molecule has 1 amide bonds. The third-order valence-electron chi connectivity index (χ3n) is 4.82. The number of piperidine rings is 1. The number of hydrogen-bond acceptors (Lipinski definition) is 4. The van der Waals surface area contributed by atoms with Crippen molar-refractivity contribution in [2.75, 3.05) is 13.1 Å². The quantitative estimate of drug-likeness (QED) is 0.655. The van der Waals surface area contributed by atoms with Crippen LogP contribution in [0, 0.1) is 0 Å². The number of carbonyl (C=O) groups is 1. The molecule has 1 aliphatic heterocycles. The van der Waals surface area contributed by atoms with Gasteiger partial charge >= 0.3 is 0 Å². The van der Waals surface area contributed by atoms with Crippen LogP contribution in [-0.4, -0.2) is 40.2 Å². The lowest BCUT2D eigenvalue weighted by Crippen LogP contribution is -2.41. The fraction of sp³-hybridized carbons (Fsp3) is 0.227. The van der Waals surface area contributed by atoms with Crippen LogP contribution < -0.4 is 4.74 Å². The smallest absolute Gasteiger partial charge is 0.255 e. The minimum atomic E-state index is -0.0166. The van der Waals surface area contributed by atoms with Crippen LogP contribution in [0.1, 0.15) is 23.2 Å². The Morgan fingerprint density at radius 1 is 1.04 bits per heavy atom. The van der Waals surface area contributed by atoms with Gasteiger partial charge in [-0.3, -0.25) is 4.79 Å². The van der Waals surface area contributed by atoms with E-state index in [0.717, 1.165) is 24.2 Å². The summed E-state index contributed by atoms with van der Waals surface area (Å²) in [6, 6.07) is 18.9. The maximum Gasteiger partial charge on any atom is 0.255 e. The first-order valence-corrected chi connectivity index (χ1v) is 9.66. The Labute approximate surface area is 168 Å². The number of hydrogen-bond donors (Lipinski definition) is 0. The van der Waals surface area contributed by atoms with Gasteiger partial charge in [-0.25, -0.2) is 0 Å². The number of rotatable bonds is 4. The number of nitrogens with zero attached hydrogens (tertiary/aromatic N) is 3. The second kappa shape index (κ2) is 8.40. The second-order valence-electron chi connectivity index (χ2n) is 6.76. The van der Waals surface area contributed by atoms with Gasteiger partial charge in [0.2, 0.25) is 0 Å². The molecule has 0 unspecified atom stereocenters. The monoisotopic (exact) mass is 393 g/mol. The van der Waals surface area contributed by atoms with E-state index in [1.807, 2.05) is 59.5 Å². The molecule has 6 heteroatoms. The fourth-order valence-electron chi connectivity index (χ4n) is 3.30. The maximum atomic E-state index is 12.9. The first kappa shape index (κ1) is 18.4. The minimum absolute atomic E-state index is 0.0166. The van der Waals surface area contributed by atoms with Crippen molar-refractivity contribution < 1.29 is 9.53 Å². The van der Waals surface area contributed by atoms with E-state index in [0.29, 0.717) is 29.4 Å². The molecule has 0 saturated carbocycles. The summed E-state index contributed by atoms with van der Waals surface area (Å²) in [6.45, 7) is 1.31. The van der Waals surface area contributed by atoms with Gasteiger partial charge in [-0.15, -0.1) is 0 Å². The van der Waals surface area contributed by atoms with Crippen molar-refractivity contribution >= 4 is 17.5 Å². The highest BCUT2D eigenvalue weighted by molar-refractivity contribution is 6.30. The maximum absolute atomic E-state index is 12.9. The molecule has 1 aliphatic rings. The number of halogens is 1. The van der Waals surface area contributed by atoms with Crippen LogP contribution in [-0.2, 0) is 0 Å². The largest absolute Gasteiger partial charge is 0.490 e. The molecule has 2 aromatic carbocycles. The molecule has 142 valence electrons. The van der Waals surface area contributed by atoms with Crippen molar-refractivity contribution in [1.82, 2.24) is 15.1 Å². The second-order valence-corrected chi connectivity index (χ2v) is 7.20. The normalized spacial score (nSPS) is 14.7. The first-order chi connectivity index (χ1) is 13.7.